The van der Waals surface area contributed by atoms with Gasteiger partial charge < -0.3 is 10.6 Å². The van der Waals surface area contributed by atoms with Crippen LogP contribution in [0.3, 0.4) is 0 Å². The van der Waals surface area contributed by atoms with E-state index in [9.17, 15) is 4.79 Å². The van der Waals surface area contributed by atoms with Gasteiger partial charge in [-0.2, -0.15) is 4.99 Å². The Morgan fingerprint density at radius 2 is 1.95 bits per heavy atom. The van der Waals surface area contributed by atoms with Crippen molar-refractivity contribution in [3.63, 3.8) is 0 Å². The summed E-state index contributed by atoms with van der Waals surface area (Å²) < 4.78 is 0. The Morgan fingerprint density at radius 1 is 1.26 bits per heavy atom. The van der Waals surface area contributed by atoms with Crippen molar-refractivity contribution in [1.82, 2.24) is 4.90 Å². The number of urea groups is 1. The average Bonchev–Trinajstić information content (AvgIpc) is 2.48. The van der Waals surface area contributed by atoms with Gasteiger partial charge in [0.15, 0.2) is 0 Å². The fourth-order valence-corrected chi connectivity index (χ4v) is 3.80. The predicted molar refractivity (Wildman–Crippen MR) is 78.1 cm³/mol. The zero-order valence-corrected chi connectivity index (χ0v) is 12.6. The second-order valence-corrected chi connectivity index (χ2v) is 6.71. The van der Waals surface area contributed by atoms with E-state index in [1.807, 2.05) is 4.90 Å². The van der Waals surface area contributed by atoms with Crippen molar-refractivity contribution >= 4 is 11.9 Å². The van der Waals surface area contributed by atoms with Gasteiger partial charge in [-0.05, 0) is 44.9 Å². The molecule has 0 radical (unpaired) electrons. The molecule has 1 fully saturated rings. The fraction of sp³-hybridized carbons (Fsp3) is 0.867. The molecule has 2 rings (SSSR count). The number of amides is 2. The van der Waals surface area contributed by atoms with Crippen LogP contribution in [-0.4, -0.2) is 28.3 Å². The third-order valence-corrected chi connectivity index (χ3v) is 4.91. The third-order valence-electron chi connectivity index (χ3n) is 4.91. The van der Waals surface area contributed by atoms with Crippen molar-refractivity contribution in [2.24, 2.45) is 22.6 Å². The Hall–Kier alpha value is -1.06. The molecule has 2 atom stereocenters. The van der Waals surface area contributed by atoms with E-state index in [-0.39, 0.29) is 17.6 Å². The highest BCUT2D eigenvalue weighted by Crippen LogP contribution is 2.41. The molecule has 4 nitrogen and oxygen atoms in total. The predicted octanol–water partition coefficient (Wildman–Crippen LogP) is 3.16. The number of hydrogen-bond acceptors (Lipinski definition) is 2. The Morgan fingerprint density at radius 3 is 2.53 bits per heavy atom. The maximum atomic E-state index is 12.1. The van der Waals surface area contributed by atoms with E-state index < -0.39 is 0 Å². The first-order valence-corrected chi connectivity index (χ1v) is 7.56. The molecule has 0 aromatic rings. The molecular formula is C15H27N3O. The van der Waals surface area contributed by atoms with E-state index in [2.05, 4.69) is 32.7 Å². The average molecular weight is 265 g/mol. The van der Waals surface area contributed by atoms with Crippen molar-refractivity contribution in [3.05, 3.63) is 0 Å². The first-order valence-electron chi connectivity index (χ1n) is 7.56. The molecule has 1 aliphatic heterocycles. The first-order chi connectivity index (χ1) is 8.88. The number of carbonyl (C=O) groups excluding carboxylic acids is 1. The highest BCUT2D eigenvalue weighted by Gasteiger charge is 2.49. The van der Waals surface area contributed by atoms with Gasteiger partial charge in [-0.25, -0.2) is 4.79 Å². The standard InChI is InChI=1S/C15H27N3O/c1-10(2)12-6-5-8-15(9-7-12)13(16)17-14(19)18(15)11(3)4/h10-12H,5-9H2,1-4H3,(H2,16,17,19). The number of nitrogens with two attached hydrogens (primary N) is 1. The van der Waals surface area contributed by atoms with Gasteiger partial charge in [-0.1, -0.05) is 26.7 Å². The lowest BCUT2D eigenvalue weighted by Crippen LogP contribution is -2.56. The van der Waals surface area contributed by atoms with E-state index in [0.717, 1.165) is 31.6 Å². The Bertz CT molecular complexity index is 389. The largest absolute Gasteiger partial charge is 0.385 e. The summed E-state index contributed by atoms with van der Waals surface area (Å²) in [5.74, 6) is 2.01. The summed E-state index contributed by atoms with van der Waals surface area (Å²) in [5.41, 5.74) is 5.84. The van der Waals surface area contributed by atoms with Gasteiger partial charge in [-0.15, -0.1) is 0 Å². The van der Waals surface area contributed by atoms with Gasteiger partial charge in [0.05, 0.1) is 0 Å². The molecule has 0 bridgehead atoms. The molecule has 108 valence electrons. The Kier molecular flexibility index (Phi) is 3.88. The molecule has 1 aliphatic carbocycles. The summed E-state index contributed by atoms with van der Waals surface area (Å²) in [5, 5.41) is 0. The van der Waals surface area contributed by atoms with Crippen LogP contribution in [0.25, 0.3) is 0 Å². The second kappa shape index (κ2) is 5.14. The smallest absolute Gasteiger partial charge is 0.346 e. The molecule has 2 amide bonds. The maximum absolute atomic E-state index is 12.1. The number of amidine groups is 1. The zero-order valence-electron chi connectivity index (χ0n) is 12.6. The number of aliphatic imine (C=N–C) groups is 1. The monoisotopic (exact) mass is 265 g/mol. The van der Waals surface area contributed by atoms with Crippen LogP contribution in [-0.2, 0) is 0 Å². The lowest BCUT2D eigenvalue weighted by Gasteiger charge is -2.40. The minimum Gasteiger partial charge on any atom is -0.385 e. The minimum atomic E-state index is -0.297. The van der Waals surface area contributed by atoms with Crippen LogP contribution in [0.1, 0.15) is 59.8 Å². The molecule has 0 aromatic carbocycles. The zero-order chi connectivity index (χ0) is 14.2. The van der Waals surface area contributed by atoms with Crippen molar-refractivity contribution in [2.45, 2.75) is 71.4 Å². The van der Waals surface area contributed by atoms with Crippen LogP contribution in [0.5, 0.6) is 0 Å². The summed E-state index contributed by atoms with van der Waals surface area (Å²) >= 11 is 0. The lowest BCUT2D eigenvalue weighted by molar-refractivity contribution is 0.134. The number of carbonyl (C=O) groups is 1. The fourth-order valence-electron chi connectivity index (χ4n) is 3.80. The van der Waals surface area contributed by atoms with Crippen LogP contribution < -0.4 is 5.73 Å². The lowest BCUT2D eigenvalue weighted by atomic mass is 9.85. The summed E-state index contributed by atoms with van der Waals surface area (Å²) in [4.78, 5) is 18.1. The van der Waals surface area contributed by atoms with Crippen molar-refractivity contribution in [1.29, 1.82) is 0 Å². The van der Waals surface area contributed by atoms with E-state index >= 15 is 0 Å². The highest BCUT2D eigenvalue weighted by molar-refractivity contribution is 6.05. The van der Waals surface area contributed by atoms with Gasteiger partial charge in [0, 0.05) is 6.04 Å². The number of hydrogen-bond donors (Lipinski definition) is 1. The van der Waals surface area contributed by atoms with Gasteiger partial charge in [0.25, 0.3) is 0 Å². The van der Waals surface area contributed by atoms with Crippen molar-refractivity contribution < 1.29 is 4.79 Å². The molecule has 0 aromatic heterocycles. The molecule has 2 unspecified atom stereocenters. The molecule has 1 saturated carbocycles. The summed E-state index contributed by atoms with van der Waals surface area (Å²) in [6.45, 7) is 8.69. The summed E-state index contributed by atoms with van der Waals surface area (Å²) in [7, 11) is 0. The number of nitrogens with zero attached hydrogens (tertiary/aromatic N) is 2. The summed E-state index contributed by atoms with van der Waals surface area (Å²) in [6.07, 6.45) is 5.46. The van der Waals surface area contributed by atoms with Crippen molar-refractivity contribution in [2.75, 3.05) is 0 Å². The molecular weight excluding hydrogens is 238 g/mol. The van der Waals surface area contributed by atoms with Gasteiger partial charge in [0.1, 0.15) is 11.4 Å². The van der Waals surface area contributed by atoms with Gasteiger partial charge in [-0.3, -0.25) is 0 Å². The minimum absolute atomic E-state index is 0.143. The molecule has 4 heteroatoms. The molecule has 19 heavy (non-hydrogen) atoms. The van der Waals surface area contributed by atoms with Gasteiger partial charge in [0.2, 0.25) is 0 Å². The SMILES string of the molecule is CC(C)C1CCCC2(CC1)C(N)=NC(=O)N2C(C)C. The van der Waals surface area contributed by atoms with E-state index in [0.29, 0.717) is 11.8 Å². The Labute approximate surface area is 116 Å². The van der Waals surface area contributed by atoms with E-state index in [1.165, 1.54) is 6.42 Å². The molecule has 2 N–H and O–H groups in total. The molecule has 0 saturated heterocycles. The molecule has 2 aliphatic rings. The van der Waals surface area contributed by atoms with Crippen LogP contribution in [0, 0.1) is 11.8 Å². The Balaban J connectivity index is 2.25. The first kappa shape index (κ1) is 14.4. The van der Waals surface area contributed by atoms with Crippen LogP contribution in [0.2, 0.25) is 0 Å². The van der Waals surface area contributed by atoms with Crippen LogP contribution in [0.4, 0.5) is 4.79 Å². The van der Waals surface area contributed by atoms with Gasteiger partial charge >= 0.3 is 6.03 Å². The second-order valence-electron chi connectivity index (χ2n) is 6.71. The molecule has 1 heterocycles. The van der Waals surface area contributed by atoms with E-state index in [4.69, 9.17) is 5.73 Å². The highest BCUT2D eigenvalue weighted by atomic mass is 16.2. The quantitative estimate of drug-likeness (QED) is 0.833. The van der Waals surface area contributed by atoms with Crippen LogP contribution >= 0.6 is 0 Å². The topological polar surface area (TPSA) is 58.7 Å². The molecule has 1 spiro atoms. The summed E-state index contributed by atoms with van der Waals surface area (Å²) in [6, 6.07) is 0.0170. The third kappa shape index (κ3) is 2.37. The van der Waals surface area contributed by atoms with Crippen LogP contribution in [0.15, 0.2) is 4.99 Å². The number of rotatable bonds is 2. The normalized spacial score (nSPS) is 32.3. The van der Waals surface area contributed by atoms with Crippen molar-refractivity contribution in [3.8, 4) is 0 Å². The van der Waals surface area contributed by atoms with E-state index in [1.54, 1.807) is 0 Å². The maximum Gasteiger partial charge on any atom is 0.346 e.